The van der Waals surface area contributed by atoms with Crippen LogP contribution in [0.1, 0.15) is 19.3 Å². The van der Waals surface area contributed by atoms with Crippen molar-refractivity contribution in [1.29, 1.82) is 0 Å². The second-order valence-electron chi connectivity index (χ2n) is 4.98. The number of aliphatic hydroxyl groups is 1. The average molecular weight is 316 g/mol. The molecule has 0 aliphatic carbocycles. The molecule has 1 aliphatic heterocycles. The summed E-state index contributed by atoms with van der Waals surface area (Å²) in [7, 11) is -4.02. The lowest BCUT2D eigenvalue weighted by Crippen LogP contribution is -2.53. The van der Waals surface area contributed by atoms with Crippen molar-refractivity contribution in [3.8, 4) is 0 Å². The number of amides is 1. The molecule has 6 nitrogen and oxygen atoms in total. The first-order chi connectivity index (χ1) is 9.84. The molecule has 116 valence electrons. The van der Waals surface area contributed by atoms with Gasteiger partial charge in [-0.3, -0.25) is 4.79 Å². The second-order valence-corrected chi connectivity index (χ2v) is 6.87. The molecule has 3 N–H and O–H groups in total. The fraction of sp³-hybridized carbons (Fsp3) is 0.462. The third kappa shape index (κ3) is 3.22. The normalized spacial score (nSPS) is 24.5. The number of rotatable bonds is 3. The van der Waals surface area contributed by atoms with Gasteiger partial charge in [-0.25, -0.2) is 12.8 Å². The van der Waals surface area contributed by atoms with Crippen molar-refractivity contribution in [3.05, 3.63) is 30.1 Å². The Balaban J connectivity index is 2.44. The zero-order chi connectivity index (χ0) is 15.6. The molecule has 1 saturated heterocycles. The highest BCUT2D eigenvalue weighted by molar-refractivity contribution is 7.89. The third-order valence-electron chi connectivity index (χ3n) is 3.51. The first-order valence-electron chi connectivity index (χ1n) is 6.59. The molecular weight excluding hydrogens is 299 g/mol. The highest BCUT2D eigenvalue weighted by Gasteiger charge is 2.40. The first kappa shape index (κ1) is 15.9. The summed E-state index contributed by atoms with van der Waals surface area (Å²) in [6.45, 7) is 0.0877. The van der Waals surface area contributed by atoms with Gasteiger partial charge in [0.1, 0.15) is 11.9 Å². The Morgan fingerprint density at radius 2 is 1.90 bits per heavy atom. The van der Waals surface area contributed by atoms with Crippen molar-refractivity contribution >= 4 is 15.9 Å². The van der Waals surface area contributed by atoms with E-state index < -0.39 is 33.9 Å². The lowest BCUT2D eigenvalue weighted by molar-refractivity contribution is -0.124. The van der Waals surface area contributed by atoms with Crippen LogP contribution in [0.5, 0.6) is 0 Å². The summed E-state index contributed by atoms with van der Waals surface area (Å²) in [5, 5.41) is 9.98. The van der Waals surface area contributed by atoms with Gasteiger partial charge in [0.25, 0.3) is 0 Å². The van der Waals surface area contributed by atoms with Crippen LogP contribution in [0.25, 0.3) is 0 Å². The minimum Gasteiger partial charge on any atom is -0.391 e. The monoisotopic (exact) mass is 316 g/mol. The number of nitrogens with zero attached hydrogens (tertiary/aromatic N) is 1. The number of halogens is 1. The van der Waals surface area contributed by atoms with Gasteiger partial charge in [-0.05, 0) is 43.5 Å². The molecule has 2 rings (SSSR count). The molecule has 1 aliphatic rings. The van der Waals surface area contributed by atoms with Crippen LogP contribution in [0.2, 0.25) is 0 Å². The Hall–Kier alpha value is -1.51. The van der Waals surface area contributed by atoms with Crippen LogP contribution in [0.4, 0.5) is 4.39 Å². The van der Waals surface area contributed by atoms with Crippen molar-refractivity contribution in [2.24, 2.45) is 5.73 Å². The first-order valence-corrected chi connectivity index (χ1v) is 8.03. The van der Waals surface area contributed by atoms with Crippen LogP contribution in [0.15, 0.2) is 29.2 Å². The van der Waals surface area contributed by atoms with E-state index >= 15 is 0 Å². The number of carbonyl (C=O) groups excluding carboxylic acids is 1. The SMILES string of the molecule is NC(=O)C1C(O)CCCCN1S(=O)(=O)c1ccc(F)cc1. The zero-order valence-corrected chi connectivity index (χ0v) is 12.1. The van der Waals surface area contributed by atoms with E-state index in [1.54, 1.807) is 0 Å². The number of primary amides is 1. The predicted octanol–water partition coefficient (Wildman–Crippen LogP) is 0.215. The van der Waals surface area contributed by atoms with Crippen molar-refractivity contribution in [3.63, 3.8) is 0 Å². The predicted molar refractivity (Wildman–Crippen MR) is 73.1 cm³/mol. The van der Waals surface area contributed by atoms with E-state index in [-0.39, 0.29) is 11.4 Å². The highest BCUT2D eigenvalue weighted by atomic mass is 32.2. The smallest absolute Gasteiger partial charge is 0.243 e. The molecule has 2 atom stereocenters. The molecule has 1 amide bonds. The Bertz CT molecular complexity index is 618. The van der Waals surface area contributed by atoms with Gasteiger partial charge in [-0.15, -0.1) is 0 Å². The zero-order valence-electron chi connectivity index (χ0n) is 11.3. The molecule has 0 radical (unpaired) electrons. The molecule has 8 heteroatoms. The van der Waals surface area contributed by atoms with Crippen molar-refractivity contribution in [1.82, 2.24) is 4.31 Å². The van der Waals surface area contributed by atoms with Crippen LogP contribution >= 0.6 is 0 Å². The lowest BCUT2D eigenvalue weighted by Gasteiger charge is -2.29. The Morgan fingerprint density at radius 1 is 1.29 bits per heavy atom. The van der Waals surface area contributed by atoms with E-state index in [0.29, 0.717) is 19.3 Å². The maximum absolute atomic E-state index is 12.9. The van der Waals surface area contributed by atoms with Crippen molar-refractivity contribution in [2.45, 2.75) is 36.3 Å². The standard InChI is InChI=1S/C13H17FN2O4S/c14-9-4-6-10(7-5-9)21(19,20)16-8-2-1-3-11(17)12(16)13(15)18/h4-7,11-12,17H,1-3,8H2,(H2,15,18). The maximum Gasteiger partial charge on any atom is 0.243 e. The number of hydrogen-bond donors (Lipinski definition) is 2. The molecule has 0 saturated carbocycles. The Morgan fingerprint density at radius 3 is 2.48 bits per heavy atom. The minimum atomic E-state index is -4.02. The summed E-state index contributed by atoms with van der Waals surface area (Å²) in [4.78, 5) is 11.4. The van der Waals surface area contributed by atoms with E-state index in [2.05, 4.69) is 0 Å². The van der Waals surface area contributed by atoms with Gasteiger partial charge in [0.05, 0.1) is 11.0 Å². The third-order valence-corrected chi connectivity index (χ3v) is 5.41. The Kier molecular flexibility index (Phi) is 4.60. The summed E-state index contributed by atoms with van der Waals surface area (Å²) in [6.07, 6.45) is 0.283. The van der Waals surface area contributed by atoms with E-state index in [9.17, 15) is 22.7 Å². The number of carbonyl (C=O) groups is 1. The molecule has 1 aromatic rings. The maximum atomic E-state index is 12.9. The van der Waals surface area contributed by atoms with Crippen LogP contribution < -0.4 is 5.73 Å². The van der Waals surface area contributed by atoms with Crippen molar-refractivity contribution < 1.29 is 22.7 Å². The van der Waals surface area contributed by atoms with Gasteiger partial charge in [-0.1, -0.05) is 0 Å². The highest BCUT2D eigenvalue weighted by Crippen LogP contribution is 2.25. The molecule has 0 spiro atoms. The summed E-state index contributed by atoms with van der Waals surface area (Å²) in [6, 6.07) is 3.00. The van der Waals surface area contributed by atoms with Crippen LogP contribution in [0.3, 0.4) is 0 Å². The fourth-order valence-electron chi connectivity index (χ4n) is 2.45. The van der Waals surface area contributed by atoms with Crippen molar-refractivity contribution in [2.75, 3.05) is 6.54 Å². The lowest BCUT2D eigenvalue weighted by atomic mass is 10.1. The quantitative estimate of drug-likeness (QED) is 0.832. The van der Waals surface area contributed by atoms with E-state index in [4.69, 9.17) is 5.73 Å². The number of nitrogens with two attached hydrogens (primary N) is 1. The average Bonchev–Trinajstić information content (AvgIpc) is 2.61. The van der Waals surface area contributed by atoms with E-state index in [1.807, 2.05) is 0 Å². The summed E-state index contributed by atoms with van der Waals surface area (Å²) in [5.74, 6) is -1.45. The molecule has 2 unspecified atom stereocenters. The molecule has 0 bridgehead atoms. The summed E-state index contributed by atoms with van der Waals surface area (Å²) in [5.41, 5.74) is 5.25. The van der Waals surface area contributed by atoms with Gasteiger partial charge >= 0.3 is 0 Å². The minimum absolute atomic E-state index is 0.0877. The molecule has 1 aromatic carbocycles. The number of sulfonamides is 1. The number of hydrogen-bond acceptors (Lipinski definition) is 4. The summed E-state index contributed by atoms with van der Waals surface area (Å²) >= 11 is 0. The molecule has 1 heterocycles. The molecule has 0 aromatic heterocycles. The van der Waals surface area contributed by atoms with Gasteiger partial charge < -0.3 is 10.8 Å². The largest absolute Gasteiger partial charge is 0.391 e. The van der Waals surface area contributed by atoms with Crippen LogP contribution in [0, 0.1) is 5.82 Å². The summed E-state index contributed by atoms with van der Waals surface area (Å²) < 4.78 is 39.0. The van der Waals surface area contributed by atoms with Crippen LogP contribution in [-0.4, -0.2) is 42.4 Å². The van der Waals surface area contributed by atoms with Gasteiger partial charge in [0, 0.05) is 6.54 Å². The van der Waals surface area contributed by atoms with Gasteiger partial charge in [0.15, 0.2) is 0 Å². The van der Waals surface area contributed by atoms with Gasteiger partial charge in [0.2, 0.25) is 15.9 Å². The van der Waals surface area contributed by atoms with Crippen LogP contribution in [-0.2, 0) is 14.8 Å². The number of benzene rings is 1. The second kappa shape index (κ2) is 6.08. The topological polar surface area (TPSA) is 101 Å². The Labute approximate surface area is 122 Å². The molecule has 1 fully saturated rings. The molecule has 21 heavy (non-hydrogen) atoms. The van der Waals surface area contributed by atoms with E-state index in [0.717, 1.165) is 28.6 Å². The fourth-order valence-corrected chi connectivity index (χ4v) is 4.12. The molecular formula is C13H17FN2O4S. The van der Waals surface area contributed by atoms with E-state index in [1.165, 1.54) is 0 Å². The number of aliphatic hydroxyl groups excluding tert-OH is 1. The van der Waals surface area contributed by atoms with Gasteiger partial charge in [-0.2, -0.15) is 4.31 Å².